The first kappa shape index (κ1) is 13.3. The Morgan fingerprint density at radius 1 is 1.33 bits per heavy atom. The van der Waals surface area contributed by atoms with Gasteiger partial charge in [-0.3, -0.25) is 4.98 Å². The van der Waals surface area contributed by atoms with Crippen LogP contribution in [-0.4, -0.2) is 4.98 Å². The van der Waals surface area contributed by atoms with Crippen LogP contribution in [0.25, 0.3) is 10.9 Å². The lowest BCUT2D eigenvalue weighted by atomic mass is 9.88. The maximum Gasteiger partial charge on any atom is 0.103 e. The number of rotatable bonds is 0. The zero-order valence-corrected chi connectivity index (χ0v) is 12.7. The molecule has 0 N–H and O–H groups in total. The van der Waals surface area contributed by atoms with E-state index in [1.807, 2.05) is 39.0 Å². The molecule has 2 rings (SSSR count). The molecule has 0 aliphatic carbocycles. The minimum absolute atomic E-state index is 0.212. The molecular formula is C14H12BrClN2. The van der Waals surface area contributed by atoms with Gasteiger partial charge >= 0.3 is 0 Å². The topological polar surface area (TPSA) is 36.7 Å². The fourth-order valence-electron chi connectivity index (χ4n) is 1.84. The summed E-state index contributed by atoms with van der Waals surface area (Å²) in [6.45, 7) is 6.07. The fraction of sp³-hybridized carbons (Fsp3) is 0.286. The molecule has 0 spiro atoms. The van der Waals surface area contributed by atoms with E-state index in [9.17, 15) is 5.26 Å². The van der Waals surface area contributed by atoms with Crippen molar-refractivity contribution in [1.29, 1.82) is 5.26 Å². The fourth-order valence-corrected chi connectivity index (χ4v) is 2.49. The lowest BCUT2D eigenvalue weighted by molar-refractivity contribution is 0.569. The molecule has 1 heterocycles. The molecule has 0 saturated carbocycles. The number of benzene rings is 1. The van der Waals surface area contributed by atoms with Crippen LogP contribution in [-0.2, 0) is 5.41 Å². The summed E-state index contributed by atoms with van der Waals surface area (Å²) in [7, 11) is 0. The van der Waals surface area contributed by atoms with Gasteiger partial charge in [-0.2, -0.15) is 5.26 Å². The number of aromatic nitrogens is 1. The van der Waals surface area contributed by atoms with Crippen molar-refractivity contribution in [3.05, 3.63) is 39.0 Å². The van der Waals surface area contributed by atoms with Crippen LogP contribution in [0.5, 0.6) is 0 Å². The second kappa shape index (κ2) is 4.53. The minimum Gasteiger partial charge on any atom is -0.251 e. The van der Waals surface area contributed by atoms with E-state index < -0.39 is 0 Å². The Hall–Kier alpha value is -1.11. The average Bonchev–Trinajstić information content (AvgIpc) is 2.28. The van der Waals surface area contributed by atoms with E-state index in [2.05, 4.69) is 27.0 Å². The number of nitriles is 1. The van der Waals surface area contributed by atoms with Crippen molar-refractivity contribution in [2.45, 2.75) is 26.2 Å². The van der Waals surface area contributed by atoms with E-state index in [1.54, 1.807) is 0 Å². The highest BCUT2D eigenvalue weighted by Gasteiger charge is 2.23. The van der Waals surface area contributed by atoms with Crippen molar-refractivity contribution in [2.24, 2.45) is 0 Å². The van der Waals surface area contributed by atoms with Gasteiger partial charge in [-0.25, -0.2) is 0 Å². The Morgan fingerprint density at radius 3 is 2.56 bits per heavy atom. The first-order chi connectivity index (χ1) is 8.34. The maximum atomic E-state index is 9.31. The van der Waals surface area contributed by atoms with Gasteiger partial charge in [-0.05, 0) is 18.2 Å². The highest BCUT2D eigenvalue weighted by atomic mass is 79.9. The van der Waals surface area contributed by atoms with Crippen molar-refractivity contribution < 1.29 is 0 Å². The van der Waals surface area contributed by atoms with Crippen molar-refractivity contribution in [3.63, 3.8) is 0 Å². The molecule has 0 fully saturated rings. The number of hydrogen-bond donors (Lipinski definition) is 0. The number of halogens is 2. The summed E-state index contributed by atoms with van der Waals surface area (Å²) in [6.07, 6.45) is 0. The van der Waals surface area contributed by atoms with E-state index in [1.165, 1.54) is 0 Å². The van der Waals surface area contributed by atoms with Gasteiger partial charge < -0.3 is 0 Å². The van der Waals surface area contributed by atoms with Gasteiger partial charge in [0.05, 0.1) is 21.8 Å². The zero-order chi connectivity index (χ0) is 13.5. The second-order valence-corrected chi connectivity index (χ2v) is 6.47. The molecule has 0 radical (unpaired) electrons. The molecule has 2 nitrogen and oxygen atoms in total. The molecule has 0 bridgehead atoms. The number of nitrogens with zero attached hydrogens (tertiary/aromatic N) is 2. The Labute approximate surface area is 120 Å². The van der Waals surface area contributed by atoms with Gasteiger partial charge in [0.2, 0.25) is 0 Å². The molecular weight excluding hydrogens is 312 g/mol. The Bertz CT molecular complexity index is 666. The lowest BCUT2D eigenvalue weighted by Crippen LogP contribution is -2.16. The number of pyridine rings is 1. The molecule has 0 saturated heterocycles. The van der Waals surface area contributed by atoms with Crippen LogP contribution < -0.4 is 0 Å². The van der Waals surface area contributed by atoms with E-state index >= 15 is 0 Å². The smallest absolute Gasteiger partial charge is 0.103 e. The van der Waals surface area contributed by atoms with Crippen molar-refractivity contribution in [1.82, 2.24) is 4.98 Å². The molecule has 0 aliphatic heterocycles. The quantitative estimate of drug-likeness (QED) is 0.697. The van der Waals surface area contributed by atoms with Crippen LogP contribution >= 0.6 is 27.5 Å². The second-order valence-electron chi connectivity index (χ2n) is 5.17. The lowest BCUT2D eigenvalue weighted by Gasteiger charge is -2.20. The molecule has 0 unspecified atom stereocenters. The molecule has 92 valence electrons. The van der Waals surface area contributed by atoms with Gasteiger partial charge in [0.15, 0.2) is 0 Å². The Kier molecular flexibility index (Phi) is 3.35. The summed E-state index contributed by atoms with van der Waals surface area (Å²) in [5, 5.41) is 10.6. The van der Waals surface area contributed by atoms with Crippen LogP contribution in [0.15, 0.2) is 22.7 Å². The van der Waals surface area contributed by atoms with Crippen molar-refractivity contribution in [2.75, 3.05) is 0 Å². The first-order valence-corrected chi connectivity index (χ1v) is 6.71. The normalized spacial score (nSPS) is 11.6. The van der Waals surface area contributed by atoms with E-state index in [0.717, 1.165) is 21.1 Å². The van der Waals surface area contributed by atoms with E-state index in [-0.39, 0.29) is 5.41 Å². The molecule has 0 aliphatic rings. The summed E-state index contributed by atoms with van der Waals surface area (Å²) in [4.78, 5) is 4.59. The van der Waals surface area contributed by atoms with Gasteiger partial charge in [0, 0.05) is 15.3 Å². The predicted molar refractivity (Wildman–Crippen MR) is 77.9 cm³/mol. The van der Waals surface area contributed by atoms with Gasteiger partial charge in [-0.1, -0.05) is 48.3 Å². The molecule has 4 heteroatoms. The molecule has 1 aromatic heterocycles. The van der Waals surface area contributed by atoms with Gasteiger partial charge in [0.1, 0.15) is 6.07 Å². The number of fused-ring (bicyclic) bond motifs is 1. The van der Waals surface area contributed by atoms with Crippen LogP contribution in [0.1, 0.15) is 32.0 Å². The number of hydrogen-bond acceptors (Lipinski definition) is 2. The van der Waals surface area contributed by atoms with Crippen LogP contribution in [0, 0.1) is 11.3 Å². The summed E-state index contributed by atoms with van der Waals surface area (Å²) in [5.74, 6) is 0. The summed E-state index contributed by atoms with van der Waals surface area (Å²) in [6, 6.07) is 7.88. The molecule has 0 amide bonds. The van der Waals surface area contributed by atoms with E-state index in [0.29, 0.717) is 10.6 Å². The van der Waals surface area contributed by atoms with Crippen LogP contribution in [0.2, 0.25) is 5.02 Å². The third-order valence-electron chi connectivity index (χ3n) is 2.71. The van der Waals surface area contributed by atoms with Gasteiger partial charge in [0.25, 0.3) is 0 Å². The Balaban J connectivity index is 2.92. The summed E-state index contributed by atoms with van der Waals surface area (Å²) >= 11 is 9.74. The third kappa shape index (κ3) is 2.23. The van der Waals surface area contributed by atoms with E-state index in [4.69, 9.17) is 11.6 Å². The SMILES string of the molecule is CC(C)(C)c1nc2ccc(Br)cc2c(Cl)c1C#N. The average molecular weight is 324 g/mol. The third-order valence-corrected chi connectivity index (χ3v) is 3.59. The molecule has 2 aromatic rings. The standard InChI is InChI=1S/C14H12BrClN2/c1-14(2,3)13-10(7-17)12(16)9-6-8(15)4-5-11(9)18-13/h4-6H,1-3H3. The summed E-state index contributed by atoms with van der Waals surface area (Å²) in [5.41, 5.74) is 1.81. The predicted octanol–water partition coefficient (Wildman–Crippen LogP) is 4.82. The van der Waals surface area contributed by atoms with Crippen LogP contribution in [0.4, 0.5) is 0 Å². The molecule has 1 aromatic carbocycles. The highest BCUT2D eigenvalue weighted by molar-refractivity contribution is 9.10. The maximum absolute atomic E-state index is 9.31. The molecule has 18 heavy (non-hydrogen) atoms. The van der Waals surface area contributed by atoms with Crippen LogP contribution in [0.3, 0.4) is 0 Å². The molecule has 0 atom stereocenters. The summed E-state index contributed by atoms with van der Waals surface area (Å²) < 4.78 is 0.922. The monoisotopic (exact) mass is 322 g/mol. The van der Waals surface area contributed by atoms with Gasteiger partial charge in [-0.15, -0.1) is 0 Å². The largest absolute Gasteiger partial charge is 0.251 e. The Morgan fingerprint density at radius 2 is 2.00 bits per heavy atom. The zero-order valence-electron chi connectivity index (χ0n) is 10.4. The first-order valence-electron chi connectivity index (χ1n) is 5.54. The van der Waals surface area contributed by atoms with Crippen molar-refractivity contribution >= 4 is 38.4 Å². The highest BCUT2D eigenvalue weighted by Crippen LogP contribution is 2.34. The van der Waals surface area contributed by atoms with Crippen molar-refractivity contribution in [3.8, 4) is 6.07 Å². The minimum atomic E-state index is -0.212.